The van der Waals surface area contributed by atoms with Crippen molar-refractivity contribution in [3.63, 3.8) is 0 Å². The number of benzene rings is 1. The van der Waals surface area contributed by atoms with Gasteiger partial charge in [0, 0.05) is 0 Å². The molecule has 1 aromatic rings. The van der Waals surface area contributed by atoms with Gasteiger partial charge in [0.05, 0.1) is 7.11 Å². The van der Waals surface area contributed by atoms with Crippen LogP contribution in [0.2, 0.25) is 0 Å². The minimum absolute atomic E-state index is 0.253. The van der Waals surface area contributed by atoms with Crippen LogP contribution in [0.4, 0.5) is 0 Å². The highest BCUT2D eigenvalue weighted by Gasteiger charge is 2.63. The fourth-order valence-electron chi connectivity index (χ4n) is 2.74. The summed E-state index contributed by atoms with van der Waals surface area (Å²) >= 11 is 0. The minimum Gasteiger partial charge on any atom is -0.467 e. The van der Waals surface area contributed by atoms with Gasteiger partial charge < -0.3 is 9.47 Å². The predicted molar refractivity (Wildman–Crippen MR) is 57.9 cm³/mol. The lowest BCUT2D eigenvalue weighted by atomic mass is 9.80. The molecule has 1 spiro atoms. The molecule has 0 amide bonds. The van der Waals surface area contributed by atoms with Gasteiger partial charge in [0.2, 0.25) is 0 Å². The zero-order valence-corrected chi connectivity index (χ0v) is 9.23. The number of hydrogen-bond acceptors (Lipinski definition) is 3. The van der Waals surface area contributed by atoms with Crippen molar-refractivity contribution in [3.8, 4) is 0 Å². The Morgan fingerprint density at radius 2 is 2.31 bits per heavy atom. The summed E-state index contributed by atoms with van der Waals surface area (Å²) in [4.78, 5) is 11.5. The number of epoxide rings is 1. The normalized spacial score (nSPS) is 30.9. The number of aryl methyl sites for hydroxylation is 1. The zero-order chi connectivity index (χ0) is 11.2. The zero-order valence-electron chi connectivity index (χ0n) is 9.23. The maximum atomic E-state index is 11.5. The molecule has 0 N–H and O–H groups in total. The van der Waals surface area contributed by atoms with Gasteiger partial charge in [-0.15, -0.1) is 0 Å². The fourth-order valence-corrected chi connectivity index (χ4v) is 2.74. The third-order valence-electron chi connectivity index (χ3n) is 3.58. The van der Waals surface area contributed by atoms with Crippen molar-refractivity contribution in [2.75, 3.05) is 7.11 Å². The molecular formula is C13H14O3. The van der Waals surface area contributed by atoms with Gasteiger partial charge >= 0.3 is 5.97 Å². The molecule has 1 fully saturated rings. The SMILES string of the molecule is COC(=O)C1OC12CCCc1ccccc12. The second kappa shape index (κ2) is 3.32. The summed E-state index contributed by atoms with van der Waals surface area (Å²) < 4.78 is 10.4. The highest BCUT2D eigenvalue weighted by atomic mass is 16.7. The van der Waals surface area contributed by atoms with Gasteiger partial charge in [0.15, 0.2) is 6.10 Å². The largest absolute Gasteiger partial charge is 0.467 e. The molecule has 2 atom stereocenters. The summed E-state index contributed by atoms with van der Waals surface area (Å²) in [6.07, 6.45) is 2.68. The van der Waals surface area contributed by atoms with Crippen molar-refractivity contribution in [2.45, 2.75) is 31.0 Å². The molecule has 1 aliphatic heterocycles. The summed E-state index contributed by atoms with van der Waals surface area (Å²) in [6, 6.07) is 8.22. The lowest BCUT2D eigenvalue weighted by Gasteiger charge is -2.22. The Balaban J connectivity index is 1.98. The Morgan fingerprint density at radius 3 is 3.12 bits per heavy atom. The molecule has 1 saturated heterocycles. The Bertz CT molecular complexity index is 441. The molecule has 16 heavy (non-hydrogen) atoms. The molecular weight excluding hydrogens is 204 g/mol. The van der Waals surface area contributed by atoms with E-state index in [1.54, 1.807) is 0 Å². The van der Waals surface area contributed by atoms with E-state index in [0.717, 1.165) is 19.3 Å². The van der Waals surface area contributed by atoms with E-state index in [1.807, 2.05) is 12.1 Å². The van der Waals surface area contributed by atoms with Crippen molar-refractivity contribution in [1.82, 2.24) is 0 Å². The maximum absolute atomic E-state index is 11.5. The Kier molecular flexibility index (Phi) is 2.04. The van der Waals surface area contributed by atoms with Crippen LogP contribution in [0.1, 0.15) is 24.0 Å². The molecule has 3 rings (SSSR count). The lowest BCUT2D eigenvalue weighted by molar-refractivity contribution is -0.142. The molecule has 1 heterocycles. The molecule has 0 saturated carbocycles. The fraction of sp³-hybridized carbons (Fsp3) is 0.462. The molecule has 3 heteroatoms. The number of ether oxygens (including phenoxy) is 2. The molecule has 0 radical (unpaired) electrons. The van der Waals surface area contributed by atoms with Crippen molar-refractivity contribution in [3.05, 3.63) is 35.4 Å². The first kappa shape index (κ1) is 9.85. The Morgan fingerprint density at radius 1 is 1.50 bits per heavy atom. The van der Waals surface area contributed by atoms with Crippen LogP contribution in [0.25, 0.3) is 0 Å². The predicted octanol–water partition coefficient (Wildman–Crippen LogP) is 1.79. The highest BCUT2D eigenvalue weighted by molar-refractivity contribution is 5.80. The van der Waals surface area contributed by atoms with Gasteiger partial charge in [0.25, 0.3) is 0 Å². The quantitative estimate of drug-likeness (QED) is 0.533. The van der Waals surface area contributed by atoms with Gasteiger partial charge in [-0.3, -0.25) is 0 Å². The molecule has 1 aliphatic carbocycles. The van der Waals surface area contributed by atoms with Gasteiger partial charge in [-0.25, -0.2) is 4.79 Å². The topological polar surface area (TPSA) is 38.8 Å². The molecule has 1 aromatic carbocycles. The van der Waals surface area contributed by atoms with Crippen LogP contribution in [0.5, 0.6) is 0 Å². The van der Waals surface area contributed by atoms with Crippen LogP contribution in [-0.2, 0) is 26.3 Å². The van der Waals surface area contributed by atoms with E-state index in [4.69, 9.17) is 9.47 Å². The summed E-state index contributed by atoms with van der Waals surface area (Å²) in [5.41, 5.74) is 2.11. The van der Waals surface area contributed by atoms with E-state index in [9.17, 15) is 4.79 Å². The van der Waals surface area contributed by atoms with Gasteiger partial charge in [-0.1, -0.05) is 24.3 Å². The third-order valence-corrected chi connectivity index (χ3v) is 3.58. The highest BCUT2D eigenvalue weighted by Crippen LogP contribution is 2.53. The molecule has 2 unspecified atom stereocenters. The second-order valence-electron chi connectivity index (χ2n) is 4.42. The summed E-state index contributed by atoms with van der Waals surface area (Å²) in [5, 5.41) is 0. The average molecular weight is 218 g/mol. The summed E-state index contributed by atoms with van der Waals surface area (Å²) in [7, 11) is 1.41. The van der Waals surface area contributed by atoms with Crippen LogP contribution < -0.4 is 0 Å². The first-order chi connectivity index (χ1) is 7.78. The third kappa shape index (κ3) is 1.21. The van der Waals surface area contributed by atoms with Crippen LogP contribution in [0, 0.1) is 0 Å². The van der Waals surface area contributed by atoms with E-state index in [-0.39, 0.29) is 17.7 Å². The van der Waals surface area contributed by atoms with Crippen LogP contribution in [0.3, 0.4) is 0 Å². The van der Waals surface area contributed by atoms with E-state index in [0.29, 0.717) is 0 Å². The minimum atomic E-state index is -0.390. The number of carbonyl (C=O) groups excluding carboxylic acids is 1. The monoisotopic (exact) mass is 218 g/mol. The van der Waals surface area contributed by atoms with Crippen LogP contribution in [0.15, 0.2) is 24.3 Å². The van der Waals surface area contributed by atoms with Crippen LogP contribution in [-0.4, -0.2) is 19.2 Å². The summed E-state index contributed by atoms with van der Waals surface area (Å²) in [6.45, 7) is 0. The number of hydrogen-bond donors (Lipinski definition) is 0. The molecule has 0 bridgehead atoms. The molecule has 2 aliphatic rings. The van der Waals surface area contributed by atoms with Crippen LogP contribution >= 0.6 is 0 Å². The van der Waals surface area contributed by atoms with Gasteiger partial charge in [-0.2, -0.15) is 0 Å². The number of esters is 1. The summed E-state index contributed by atoms with van der Waals surface area (Å²) in [5.74, 6) is -0.253. The number of methoxy groups -OCH3 is 1. The van der Waals surface area contributed by atoms with E-state index in [2.05, 4.69) is 12.1 Å². The first-order valence-corrected chi connectivity index (χ1v) is 5.62. The van der Waals surface area contributed by atoms with E-state index in [1.165, 1.54) is 18.2 Å². The lowest BCUT2D eigenvalue weighted by Crippen LogP contribution is -2.24. The van der Waals surface area contributed by atoms with Crippen molar-refractivity contribution >= 4 is 5.97 Å². The molecule has 84 valence electrons. The average Bonchev–Trinajstić information content (AvgIpc) is 3.04. The molecule has 0 aromatic heterocycles. The maximum Gasteiger partial charge on any atom is 0.338 e. The van der Waals surface area contributed by atoms with Gasteiger partial charge in [0.1, 0.15) is 5.60 Å². The van der Waals surface area contributed by atoms with Gasteiger partial charge in [-0.05, 0) is 30.4 Å². The van der Waals surface area contributed by atoms with Crippen molar-refractivity contribution in [1.29, 1.82) is 0 Å². The Hall–Kier alpha value is -1.35. The standard InChI is InChI=1S/C13H14O3/c1-15-12(14)11-13(16-11)8-4-6-9-5-2-3-7-10(9)13/h2-3,5,7,11H,4,6,8H2,1H3. The number of rotatable bonds is 1. The van der Waals surface area contributed by atoms with Crippen molar-refractivity contribution in [2.24, 2.45) is 0 Å². The first-order valence-electron chi connectivity index (χ1n) is 5.62. The Labute approximate surface area is 94.4 Å². The van der Waals surface area contributed by atoms with E-state index < -0.39 is 0 Å². The smallest absolute Gasteiger partial charge is 0.338 e. The number of fused-ring (bicyclic) bond motifs is 2. The second-order valence-corrected chi connectivity index (χ2v) is 4.42. The van der Waals surface area contributed by atoms with E-state index >= 15 is 0 Å². The molecule has 3 nitrogen and oxygen atoms in total. The number of carbonyl (C=O) groups is 1. The van der Waals surface area contributed by atoms with Crippen molar-refractivity contribution < 1.29 is 14.3 Å².